The number of nitrogens with zero attached hydrogens (tertiary/aromatic N) is 1. The molecule has 8 nitrogen and oxygen atoms in total. The first-order chi connectivity index (χ1) is 7.64. The number of carboxylic acids is 1. The predicted octanol–water partition coefficient (Wildman–Crippen LogP) is 0.594. The van der Waals surface area contributed by atoms with Gasteiger partial charge >= 0.3 is 5.97 Å². The van der Waals surface area contributed by atoms with Crippen molar-refractivity contribution in [2.24, 2.45) is 5.14 Å². The Labute approximate surface area is 99.8 Å². The smallest absolute Gasteiger partial charge is 0.335 e. The number of hydrogen-bond donors (Lipinski definition) is 2. The van der Waals surface area contributed by atoms with E-state index in [9.17, 15) is 23.3 Å². The number of carboxylic acid groups (broad SMARTS) is 1. The van der Waals surface area contributed by atoms with E-state index < -0.39 is 42.1 Å². The molecule has 0 atom stereocenters. The van der Waals surface area contributed by atoms with Crippen molar-refractivity contribution in [1.82, 2.24) is 0 Å². The molecule has 10 heteroatoms. The summed E-state index contributed by atoms with van der Waals surface area (Å²) in [6.07, 6.45) is 0. The summed E-state index contributed by atoms with van der Waals surface area (Å²) in [5.74, 6) is -1.53. The Balaban J connectivity index is 3.73. The van der Waals surface area contributed by atoms with Crippen molar-refractivity contribution in [3.05, 3.63) is 32.8 Å². The number of nitro groups is 1. The fraction of sp³-hybridized carbons (Fsp3) is 0. The molecule has 0 radical (unpaired) electrons. The normalized spacial score (nSPS) is 11.2. The lowest BCUT2D eigenvalue weighted by atomic mass is 10.2. The lowest BCUT2D eigenvalue weighted by Gasteiger charge is -2.04. The molecular weight excluding hydrogens is 276 g/mol. The molecule has 0 heterocycles. The van der Waals surface area contributed by atoms with Crippen molar-refractivity contribution in [2.45, 2.75) is 4.90 Å². The third-order valence-corrected chi connectivity index (χ3v) is 3.21. The second kappa shape index (κ2) is 4.28. The average Bonchev–Trinajstić information content (AvgIpc) is 2.15. The largest absolute Gasteiger partial charge is 0.478 e. The second-order valence-electron chi connectivity index (χ2n) is 2.91. The van der Waals surface area contributed by atoms with Crippen LogP contribution in [-0.4, -0.2) is 24.4 Å². The van der Waals surface area contributed by atoms with Gasteiger partial charge < -0.3 is 5.11 Å². The quantitative estimate of drug-likeness (QED) is 0.613. The summed E-state index contributed by atoms with van der Waals surface area (Å²) in [4.78, 5) is 19.4. The minimum atomic E-state index is -4.35. The molecule has 0 saturated heterocycles. The van der Waals surface area contributed by atoms with Crippen LogP contribution >= 0.6 is 11.6 Å². The van der Waals surface area contributed by atoms with E-state index >= 15 is 0 Å². The molecule has 0 aliphatic rings. The highest BCUT2D eigenvalue weighted by molar-refractivity contribution is 7.89. The van der Waals surface area contributed by atoms with Crippen molar-refractivity contribution in [3.63, 3.8) is 0 Å². The van der Waals surface area contributed by atoms with Crippen LogP contribution in [0.15, 0.2) is 17.0 Å². The zero-order valence-corrected chi connectivity index (χ0v) is 9.53. The lowest BCUT2D eigenvalue weighted by molar-refractivity contribution is -0.384. The molecule has 0 fully saturated rings. The van der Waals surface area contributed by atoms with Gasteiger partial charge in [-0.3, -0.25) is 10.1 Å². The first-order valence-corrected chi connectivity index (χ1v) is 5.81. The number of sulfonamides is 1. The van der Waals surface area contributed by atoms with Crippen LogP contribution in [0.1, 0.15) is 10.4 Å². The highest BCUT2D eigenvalue weighted by atomic mass is 35.5. The molecule has 1 aromatic rings. The van der Waals surface area contributed by atoms with Gasteiger partial charge in [0.1, 0.15) is 9.92 Å². The summed E-state index contributed by atoms with van der Waals surface area (Å²) in [5.41, 5.74) is -1.43. The van der Waals surface area contributed by atoms with Crippen molar-refractivity contribution in [3.8, 4) is 0 Å². The molecule has 1 rings (SSSR count). The maximum atomic E-state index is 11.1. The standard InChI is InChI=1S/C7H5ClN2O6S/c8-6-4(10(13)14)1-3(7(11)12)2-5(6)17(9,15)16/h1-2H,(H,11,12)(H2,9,15,16). The van der Waals surface area contributed by atoms with Gasteiger partial charge in [0.05, 0.1) is 10.5 Å². The number of aromatic carboxylic acids is 1. The third kappa shape index (κ3) is 2.70. The third-order valence-electron chi connectivity index (χ3n) is 1.77. The van der Waals surface area contributed by atoms with Crippen LogP contribution < -0.4 is 5.14 Å². The van der Waals surface area contributed by atoms with Gasteiger partial charge in [0.2, 0.25) is 10.0 Å². The van der Waals surface area contributed by atoms with Gasteiger partial charge in [-0.15, -0.1) is 0 Å². The van der Waals surface area contributed by atoms with Crippen molar-refractivity contribution in [1.29, 1.82) is 0 Å². The summed E-state index contributed by atoms with van der Waals surface area (Å²) < 4.78 is 22.2. The van der Waals surface area contributed by atoms with Crippen LogP contribution in [0.3, 0.4) is 0 Å². The van der Waals surface area contributed by atoms with Gasteiger partial charge in [-0.25, -0.2) is 18.4 Å². The van der Waals surface area contributed by atoms with E-state index in [2.05, 4.69) is 0 Å². The van der Waals surface area contributed by atoms with E-state index in [-0.39, 0.29) is 0 Å². The Hall–Kier alpha value is -1.71. The second-order valence-corrected chi connectivity index (χ2v) is 4.82. The Bertz CT molecular complexity index is 611. The maximum absolute atomic E-state index is 11.1. The topological polar surface area (TPSA) is 141 Å². The Morgan fingerprint density at radius 3 is 2.35 bits per heavy atom. The molecule has 0 unspecified atom stereocenters. The van der Waals surface area contributed by atoms with E-state index in [1.54, 1.807) is 0 Å². The monoisotopic (exact) mass is 280 g/mol. The number of nitrogens with two attached hydrogens (primary N) is 1. The van der Waals surface area contributed by atoms with E-state index in [1.165, 1.54) is 0 Å². The van der Waals surface area contributed by atoms with Crippen LogP contribution in [0.25, 0.3) is 0 Å². The molecule has 0 amide bonds. The predicted molar refractivity (Wildman–Crippen MR) is 56.4 cm³/mol. The van der Waals surface area contributed by atoms with E-state index in [0.717, 1.165) is 0 Å². The first kappa shape index (κ1) is 13.4. The Kier molecular flexibility index (Phi) is 3.36. The summed E-state index contributed by atoms with van der Waals surface area (Å²) in [5, 5.41) is 23.3. The highest BCUT2D eigenvalue weighted by Crippen LogP contribution is 2.32. The van der Waals surface area contributed by atoms with Crippen molar-refractivity contribution >= 4 is 33.3 Å². The molecule has 0 aliphatic heterocycles. The molecule has 17 heavy (non-hydrogen) atoms. The Morgan fingerprint density at radius 1 is 1.47 bits per heavy atom. The Morgan fingerprint density at radius 2 is 2.00 bits per heavy atom. The molecule has 3 N–H and O–H groups in total. The molecule has 0 aromatic heterocycles. The molecular formula is C7H5ClN2O6S. The molecule has 0 aliphatic carbocycles. The summed E-state index contributed by atoms with van der Waals surface area (Å²) >= 11 is 5.47. The van der Waals surface area contributed by atoms with Gasteiger partial charge in [-0.1, -0.05) is 11.6 Å². The zero-order valence-electron chi connectivity index (χ0n) is 7.95. The lowest BCUT2D eigenvalue weighted by Crippen LogP contribution is -2.14. The first-order valence-electron chi connectivity index (χ1n) is 3.88. The minimum Gasteiger partial charge on any atom is -0.478 e. The number of nitro benzene ring substituents is 1. The summed E-state index contributed by atoms with van der Waals surface area (Å²) in [6.45, 7) is 0. The SMILES string of the molecule is NS(=O)(=O)c1cc(C(=O)O)cc([N+](=O)[O-])c1Cl. The summed E-state index contributed by atoms with van der Waals surface area (Å²) in [7, 11) is -4.35. The molecule has 92 valence electrons. The van der Waals surface area contributed by atoms with Gasteiger partial charge in [0, 0.05) is 6.07 Å². The number of carbonyl (C=O) groups is 1. The maximum Gasteiger partial charge on any atom is 0.335 e. The van der Waals surface area contributed by atoms with Crippen LogP contribution in [0.4, 0.5) is 5.69 Å². The van der Waals surface area contributed by atoms with E-state index in [4.69, 9.17) is 21.8 Å². The molecule has 1 aromatic carbocycles. The molecule has 0 bridgehead atoms. The number of halogens is 1. The molecule has 0 saturated carbocycles. The molecule has 0 spiro atoms. The zero-order chi connectivity index (χ0) is 13.4. The van der Waals surface area contributed by atoms with E-state index in [0.29, 0.717) is 12.1 Å². The fourth-order valence-corrected chi connectivity index (χ4v) is 2.19. The average molecular weight is 281 g/mol. The highest BCUT2D eigenvalue weighted by Gasteiger charge is 2.25. The number of hydrogen-bond acceptors (Lipinski definition) is 5. The summed E-state index contributed by atoms with van der Waals surface area (Å²) in [6, 6.07) is 1.31. The van der Waals surface area contributed by atoms with Crippen molar-refractivity contribution < 1.29 is 23.2 Å². The number of primary sulfonamides is 1. The van der Waals surface area contributed by atoms with Gasteiger partial charge in [-0.05, 0) is 6.07 Å². The van der Waals surface area contributed by atoms with Gasteiger partial charge in [0.15, 0.2) is 0 Å². The van der Waals surface area contributed by atoms with E-state index in [1.807, 2.05) is 0 Å². The number of rotatable bonds is 3. The van der Waals surface area contributed by atoms with Crippen LogP contribution in [0.2, 0.25) is 5.02 Å². The van der Waals surface area contributed by atoms with Gasteiger partial charge in [-0.2, -0.15) is 0 Å². The van der Waals surface area contributed by atoms with Crippen LogP contribution in [0.5, 0.6) is 0 Å². The van der Waals surface area contributed by atoms with Gasteiger partial charge in [0.25, 0.3) is 5.69 Å². The number of benzene rings is 1. The minimum absolute atomic E-state index is 0.592. The van der Waals surface area contributed by atoms with Crippen LogP contribution in [0, 0.1) is 10.1 Å². The van der Waals surface area contributed by atoms with Crippen LogP contribution in [-0.2, 0) is 10.0 Å². The van der Waals surface area contributed by atoms with Crippen molar-refractivity contribution in [2.75, 3.05) is 0 Å². The fourth-order valence-electron chi connectivity index (χ4n) is 1.05.